The first-order valence-electron chi connectivity index (χ1n) is 16.0. The van der Waals surface area contributed by atoms with Crippen molar-refractivity contribution in [1.82, 2.24) is 18.9 Å². The minimum atomic E-state index is -0.433. The maximum atomic E-state index is 14.0. The van der Waals surface area contributed by atoms with Crippen LogP contribution in [0, 0.1) is 6.92 Å². The SMILES string of the molecule is CCc1cc2c(=O)n(Cc3ccco3)c(SCC(=O)Nc3sc4c(c3C(=O)Nc3c(C)n(C)n(-c5ccccc5)c3=O)CCCC4)nc2s1. The van der Waals surface area contributed by atoms with Gasteiger partial charge in [-0.25, -0.2) is 9.67 Å². The molecule has 2 amide bonds. The molecule has 0 fully saturated rings. The number of anilines is 2. The Morgan fingerprint density at radius 3 is 2.57 bits per heavy atom. The van der Waals surface area contributed by atoms with Crippen LogP contribution in [0.5, 0.6) is 0 Å². The molecule has 49 heavy (non-hydrogen) atoms. The van der Waals surface area contributed by atoms with Crippen LogP contribution in [0.3, 0.4) is 0 Å². The number of carbonyl (C=O) groups excluding carboxylic acids is 2. The molecular formula is C35H34N6O5S3. The lowest BCUT2D eigenvalue weighted by Crippen LogP contribution is -2.25. The first kappa shape index (κ1) is 32.9. The Morgan fingerprint density at radius 2 is 1.82 bits per heavy atom. The third-order valence-electron chi connectivity index (χ3n) is 8.69. The molecule has 0 spiro atoms. The highest BCUT2D eigenvalue weighted by atomic mass is 32.2. The Labute approximate surface area is 293 Å². The van der Waals surface area contributed by atoms with Gasteiger partial charge in [0.05, 0.1) is 40.9 Å². The lowest BCUT2D eigenvalue weighted by atomic mass is 9.95. The van der Waals surface area contributed by atoms with Gasteiger partial charge in [0.15, 0.2) is 5.16 Å². The number of rotatable bonds is 10. The van der Waals surface area contributed by atoms with Gasteiger partial charge in [-0.05, 0) is 74.9 Å². The van der Waals surface area contributed by atoms with Gasteiger partial charge in [-0.2, -0.15) is 0 Å². The third kappa shape index (κ3) is 6.31. The van der Waals surface area contributed by atoms with Crippen LogP contribution in [0.2, 0.25) is 0 Å². The second-order valence-electron chi connectivity index (χ2n) is 11.8. The highest BCUT2D eigenvalue weighted by Crippen LogP contribution is 2.39. The Balaban J connectivity index is 1.15. The molecule has 14 heteroatoms. The van der Waals surface area contributed by atoms with Crippen LogP contribution in [0.4, 0.5) is 10.7 Å². The van der Waals surface area contributed by atoms with Gasteiger partial charge in [-0.3, -0.25) is 28.4 Å². The van der Waals surface area contributed by atoms with E-state index in [-0.39, 0.29) is 35.0 Å². The zero-order valence-corrected chi connectivity index (χ0v) is 29.7. The number of furan rings is 1. The van der Waals surface area contributed by atoms with Crippen molar-refractivity contribution >= 4 is 67.2 Å². The number of benzene rings is 1. The zero-order chi connectivity index (χ0) is 34.2. The topological polar surface area (TPSA) is 133 Å². The number of hydrogen-bond donors (Lipinski definition) is 2. The average Bonchev–Trinajstić information content (AvgIpc) is 3.89. The summed E-state index contributed by atoms with van der Waals surface area (Å²) in [5.74, 6) is -0.202. The third-order valence-corrected chi connectivity index (χ3v) is 12.0. The van der Waals surface area contributed by atoms with Crippen molar-refractivity contribution in [3.8, 4) is 5.69 Å². The van der Waals surface area contributed by atoms with Crippen molar-refractivity contribution in [2.24, 2.45) is 7.05 Å². The van der Waals surface area contributed by atoms with Gasteiger partial charge in [0.2, 0.25) is 5.91 Å². The Morgan fingerprint density at radius 1 is 1.02 bits per heavy atom. The molecule has 5 aromatic heterocycles. The van der Waals surface area contributed by atoms with Gasteiger partial charge in [0, 0.05) is 16.8 Å². The monoisotopic (exact) mass is 714 g/mol. The van der Waals surface area contributed by atoms with Crippen molar-refractivity contribution < 1.29 is 14.0 Å². The van der Waals surface area contributed by atoms with E-state index in [1.54, 1.807) is 41.6 Å². The molecule has 7 rings (SSSR count). The molecule has 0 saturated carbocycles. The van der Waals surface area contributed by atoms with Crippen molar-refractivity contribution in [3.05, 3.63) is 108 Å². The van der Waals surface area contributed by atoms with Crippen LogP contribution in [-0.2, 0) is 37.6 Å². The van der Waals surface area contributed by atoms with Gasteiger partial charge in [-0.1, -0.05) is 36.9 Å². The molecule has 5 heterocycles. The summed E-state index contributed by atoms with van der Waals surface area (Å²) >= 11 is 4.04. The maximum absolute atomic E-state index is 14.0. The molecule has 0 saturated heterocycles. The molecule has 2 N–H and O–H groups in total. The number of aryl methyl sites for hydroxylation is 2. The fraction of sp³-hybridized carbons (Fsp3) is 0.286. The summed E-state index contributed by atoms with van der Waals surface area (Å²) < 4.78 is 10.3. The lowest BCUT2D eigenvalue weighted by Gasteiger charge is -2.13. The number of fused-ring (bicyclic) bond motifs is 2. The van der Waals surface area contributed by atoms with E-state index in [1.165, 1.54) is 27.4 Å². The largest absolute Gasteiger partial charge is 0.467 e. The summed E-state index contributed by atoms with van der Waals surface area (Å²) in [4.78, 5) is 62.2. The number of thiophene rings is 2. The summed E-state index contributed by atoms with van der Waals surface area (Å²) in [5.41, 5.74) is 2.26. The molecule has 1 aliphatic rings. The fourth-order valence-corrected chi connectivity index (χ4v) is 9.21. The van der Waals surface area contributed by atoms with Gasteiger partial charge < -0.3 is 15.1 Å². The first-order valence-corrected chi connectivity index (χ1v) is 18.6. The number of amides is 2. The zero-order valence-electron chi connectivity index (χ0n) is 27.2. The van der Waals surface area contributed by atoms with Gasteiger partial charge >= 0.3 is 0 Å². The predicted octanol–water partition coefficient (Wildman–Crippen LogP) is 6.38. The second-order valence-corrected chi connectivity index (χ2v) is 15.0. The predicted molar refractivity (Wildman–Crippen MR) is 195 cm³/mol. The van der Waals surface area contributed by atoms with Gasteiger partial charge in [0.25, 0.3) is 17.0 Å². The molecular weight excluding hydrogens is 681 g/mol. The van der Waals surface area contributed by atoms with E-state index < -0.39 is 5.91 Å². The molecule has 0 radical (unpaired) electrons. The highest BCUT2D eigenvalue weighted by molar-refractivity contribution is 7.99. The lowest BCUT2D eigenvalue weighted by molar-refractivity contribution is -0.113. The molecule has 6 aromatic rings. The number of aromatic nitrogens is 4. The van der Waals surface area contributed by atoms with Gasteiger partial charge in [-0.15, -0.1) is 22.7 Å². The second kappa shape index (κ2) is 13.7. The number of carbonyl (C=O) groups is 2. The van der Waals surface area contributed by atoms with Gasteiger partial charge in [0.1, 0.15) is 21.3 Å². The molecule has 11 nitrogen and oxygen atoms in total. The van der Waals surface area contributed by atoms with E-state index in [4.69, 9.17) is 9.40 Å². The standard InChI is InChI=1S/C35H34N6O5S3/c1-4-23-17-25-31(48-23)38-35(40(33(25)44)18-22-13-10-16-46-22)47-19-27(42)36-32-28(24-14-8-9-15-26(24)49-32)30(43)37-29-20(2)39(3)41(34(29)45)21-11-6-5-7-12-21/h5-7,10-13,16-17H,4,8-9,14-15,18-19H2,1-3H3,(H,36,42)(H,37,43). The van der Waals surface area contributed by atoms with Crippen LogP contribution in [0.15, 0.2) is 74.0 Å². The van der Waals surface area contributed by atoms with Crippen LogP contribution in [0.1, 0.15) is 56.9 Å². The first-order chi connectivity index (χ1) is 23.7. The van der Waals surface area contributed by atoms with E-state index >= 15 is 0 Å². The van der Waals surface area contributed by atoms with Crippen molar-refractivity contribution in [1.29, 1.82) is 0 Å². The number of para-hydroxylation sites is 1. The molecule has 0 bridgehead atoms. The molecule has 0 aliphatic heterocycles. The number of thioether (sulfide) groups is 1. The quantitative estimate of drug-likeness (QED) is 0.124. The van der Waals surface area contributed by atoms with E-state index in [1.807, 2.05) is 43.3 Å². The van der Waals surface area contributed by atoms with Crippen LogP contribution in [0.25, 0.3) is 15.9 Å². The van der Waals surface area contributed by atoms with Crippen molar-refractivity contribution in [2.75, 3.05) is 16.4 Å². The summed E-state index contributed by atoms with van der Waals surface area (Å²) in [5, 5.41) is 7.29. The Bertz CT molecular complexity index is 2310. The van der Waals surface area contributed by atoms with E-state index in [9.17, 15) is 19.2 Å². The van der Waals surface area contributed by atoms with Crippen molar-refractivity contribution in [3.63, 3.8) is 0 Å². The van der Waals surface area contributed by atoms with E-state index in [0.717, 1.165) is 52.8 Å². The van der Waals surface area contributed by atoms with Crippen LogP contribution in [-0.4, -0.2) is 36.5 Å². The number of nitrogens with one attached hydrogen (secondary N) is 2. The molecule has 252 valence electrons. The minimum absolute atomic E-state index is 0.0364. The van der Waals surface area contributed by atoms with Crippen molar-refractivity contribution in [2.45, 2.75) is 57.7 Å². The smallest absolute Gasteiger partial charge is 0.295 e. The normalized spacial score (nSPS) is 12.7. The van der Waals surface area contributed by atoms with Crippen LogP contribution < -0.4 is 21.8 Å². The number of nitrogens with zero attached hydrogens (tertiary/aromatic N) is 4. The molecule has 0 atom stereocenters. The average molecular weight is 715 g/mol. The summed E-state index contributed by atoms with van der Waals surface area (Å²) in [7, 11) is 1.77. The van der Waals surface area contributed by atoms with E-state index in [2.05, 4.69) is 10.6 Å². The minimum Gasteiger partial charge on any atom is -0.467 e. The molecule has 1 aromatic carbocycles. The fourth-order valence-electron chi connectivity index (χ4n) is 6.10. The van der Waals surface area contributed by atoms with Crippen LogP contribution >= 0.6 is 34.4 Å². The highest BCUT2D eigenvalue weighted by Gasteiger charge is 2.29. The Hall–Kier alpha value is -4.66. The summed E-state index contributed by atoms with van der Waals surface area (Å²) in [6.45, 7) is 4.00. The maximum Gasteiger partial charge on any atom is 0.295 e. The number of hydrogen-bond acceptors (Lipinski definition) is 9. The Kier molecular flexibility index (Phi) is 9.18. The van der Waals surface area contributed by atoms with E-state index in [0.29, 0.717) is 49.5 Å². The summed E-state index contributed by atoms with van der Waals surface area (Å²) in [6.07, 6.45) is 5.81. The molecule has 0 unspecified atom stereocenters. The summed E-state index contributed by atoms with van der Waals surface area (Å²) in [6, 6.07) is 14.7. The molecule has 1 aliphatic carbocycles.